The topological polar surface area (TPSA) is 115 Å². The Morgan fingerprint density at radius 3 is 2.39 bits per heavy atom. The van der Waals surface area contributed by atoms with Gasteiger partial charge in [0.05, 0.1) is 18.6 Å². The summed E-state index contributed by atoms with van der Waals surface area (Å²) in [6.07, 6.45) is 9.02. The van der Waals surface area contributed by atoms with Gasteiger partial charge in [-0.1, -0.05) is 56.7 Å². The SMILES string of the molecule is C=C(C)[C@H]1CC=C2C(=CC[C@]3(C)[C@@H]([C@@H](CC/C=C(/C)CO)C(=O)O)[C@H](O)C[C@@]23C)[C@@]1(C)CCC(=O)O. The molecule has 0 radical (unpaired) electrons. The number of allylic oxidation sites excluding steroid dienone is 6. The van der Waals surface area contributed by atoms with Gasteiger partial charge in [0.1, 0.15) is 0 Å². The summed E-state index contributed by atoms with van der Waals surface area (Å²) in [6, 6.07) is 0. The van der Waals surface area contributed by atoms with Crippen LogP contribution in [-0.2, 0) is 9.59 Å². The van der Waals surface area contributed by atoms with Crippen LogP contribution in [0.4, 0.5) is 0 Å². The van der Waals surface area contributed by atoms with Gasteiger partial charge in [-0.25, -0.2) is 0 Å². The van der Waals surface area contributed by atoms with Gasteiger partial charge in [0.25, 0.3) is 0 Å². The highest BCUT2D eigenvalue weighted by atomic mass is 16.4. The molecule has 0 bridgehead atoms. The Labute approximate surface area is 215 Å². The molecular formula is C30H44O6. The molecule has 7 atom stereocenters. The number of aliphatic hydroxyl groups excluding tert-OH is 2. The van der Waals surface area contributed by atoms with Crippen molar-refractivity contribution in [1.82, 2.24) is 0 Å². The zero-order valence-electron chi connectivity index (χ0n) is 22.5. The lowest BCUT2D eigenvalue weighted by Gasteiger charge is -2.56. The van der Waals surface area contributed by atoms with Gasteiger partial charge in [-0.3, -0.25) is 9.59 Å². The summed E-state index contributed by atoms with van der Waals surface area (Å²) in [6.45, 7) is 14.5. The van der Waals surface area contributed by atoms with E-state index in [4.69, 9.17) is 0 Å². The monoisotopic (exact) mass is 500 g/mol. The molecule has 0 heterocycles. The number of carbonyl (C=O) groups is 2. The van der Waals surface area contributed by atoms with E-state index in [-0.39, 0.29) is 24.4 Å². The van der Waals surface area contributed by atoms with Crippen molar-refractivity contribution in [3.05, 3.63) is 47.1 Å². The fraction of sp³-hybridized carbons (Fsp3) is 0.667. The first-order chi connectivity index (χ1) is 16.7. The normalized spacial score (nSPS) is 36.9. The maximum atomic E-state index is 12.5. The minimum absolute atomic E-state index is 0.0485. The maximum absolute atomic E-state index is 12.5. The molecule has 0 spiro atoms. The third-order valence-electron chi connectivity index (χ3n) is 10.0. The number of aliphatic carboxylic acids is 2. The number of fused-ring (bicyclic) bond motifs is 3. The fourth-order valence-electron chi connectivity index (χ4n) is 7.79. The lowest BCUT2D eigenvalue weighted by molar-refractivity contribution is -0.148. The molecule has 0 aromatic rings. The molecule has 6 nitrogen and oxygen atoms in total. The lowest BCUT2D eigenvalue weighted by atomic mass is 9.48. The number of hydrogen-bond donors (Lipinski definition) is 4. The second-order valence-corrected chi connectivity index (χ2v) is 12.2. The Hall–Kier alpha value is -2.18. The van der Waals surface area contributed by atoms with Crippen LogP contribution in [0.2, 0.25) is 0 Å². The summed E-state index contributed by atoms with van der Waals surface area (Å²) in [5, 5.41) is 40.4. The molecule has 36 heavy (non-hydrogen) atoms. The Balaban J connectivity index is 2.04. The first-order valence-electron chi connectivity index (χ1n) is 13.2. The molecule has 0 aromatic heterocycles. The zero-order valence-corrected chi connectivity index (χ0v) is 22.5. The summed E-state index contributed by atoms with van der Waals surface area (Å²) in [5.74, 6) is -2.68. The van der Waals surface area contributed by atoms with Crippen molar-refractivity contribution in [3.8, 4) is 0 Å². The molecule has 4 N–H and O–H groups in total. The zero-order chi connectivity index (χ0) is 27.1. The second kappa shape index (κ2) is 10.3. The van der Waals surface area contributed by atoms with Gasteiger partial charge in [0.2, 0.25) is 0 Å². The van der Waals surface area contributed by atoms with E-state index >= 15 is 0 Å². The standard InChI is InChI=1S/C30H44O6/c1-18(2)21-10-11-23-22(28(21,4)14-13-25(33)34)12-15-29(5)26(24(32)16-30(23,29)6)20(27(35)36)9-7-8-19(3)17-31/h8,11-12,20-21,24,26,31-32H,1,7,9-10,13-17H2,2-6H3,(H,33,34)(H,35,36)/b19-8-/t20-,21-,24-,26+,28+,29-,30+/m1/s1. The van der Waals surface area contributed by atoms with E-state index < -0.39 is 40.7 Å². The van der Waals surface area contributed by atoms with Crippen molar-refractivity contribution in [3.63, 3.8) is 0 Å². The molecule has 0 unspecified atom stereocenters. The number of carboxylic acids is 2. The van der Waals surface area contributed by atoms with Crippen molar-refractivity contribution in [2.24, 2.45) is 34.0 Å². The number of hydrogen-bond acceptors (Lipinski definition) is 4. The van der Waals surface area contributed by atoms with Crippen LogP contribution in [0.15, 0.2) is 47.1 Å². The highest BCUT2D eigenvalue weighted by Crippen LogP contribution is 2.70. The number of aliphatic hydroxyl groups is 2. The van der Waals surface area contributed by atoms with Crippen LogP contribution in [0.1, 0.15) is 79.6 Å². The first-order valence-corrected chi connectivity index (χ1v) is 13.2. The van der Waals surface area contributed by atoms with E-state index in [1.54, 1.807) is 0 Å². The smallest absolute Gasteiger partial charge is 0.306 e. The molecule has 0 aliphatic heterocycles. The molecular weight excluding hydrogens is 456 g/mol. The van der Waals surface area contributed by atoms with Crippen molar-refractivity contribution in [2.75, 3.05) is 6.61 Å². The predicted molar refractivity (Wildman–Crippen MR) is 140 cm³/mol. The largest absolute Gasteiger partial charge is 0.481 e. The molecule has 0 aromatic carbocycles. The van der Waals surface area contributed by atoms with E-state index in [9.17, 15) is 30.0 Å². The summed E-state index contributed by atoms with van der Waals surface area (Å²) in [7, 11) is 0. The van der Waals surface area contributed by atoms with Crippen molar-refractivity contribution < 1.29 is 30.0 Å². The summed E-state index contributed by atoms with van der Waals surface area (Å²) in [5.41, 5.74) is 2.92. The van der Waals surface area contributed by atoms with Gasteiger partial charge in [0, 0.05) is 17.8 Å². The van der Waals surface area contributed by atoms with Crippen molar-refractivity contribution in [2.45, 2.75) is 85.7 Å². The Morgan fingerprint density at radius 2 is 1.83 bits per heavy atom. The average Bonchev–Trinajstić information content (AvgIpc) is 3.00. The average molecular weight is 501 g/mol. The fourth-order valence-corrected chi connectivity index (χ4v) is 7.79. The minimum atomic E-state index is -0.888. The van der Waals surface area contributed by atoms with Crippen LogP contribution >= 0.6 is 0 Å². The van der Waals surface area contributed by atoms with Crippen molar-refractivity contribution >= 4 is 11.9 Å². The molecule has 200 valence electrons. The van der Waals surface area contributed by atoms with E-state index in [2.05, 4.69) is 39.5 Å². The van der Waals surface area contributed by atoms with Crippen LogP contribution in [0.5, 0.6) is 0 Å². The van der Waals surface area contributed by atoms with Gasteiger partial charge < -0.3 is 20.4 Å². The van der Waals surface area contributed by atoms with Crippen LogP contribution in [0, 0.1) is 34.0 Å². The summed E-state index contributed by atoms with van der Waals surface area (Å²) < 4.78 is 0. The molecule has 1 saturated carbocycles. The van der Waals surface area contributed by atoms with E-state index in [1.807, 2.05) is 19.9 Å². The number of carboxylic acid groups (broad SMARTS) is 2. The van der Waals surface area contributed by atoms with Crippen LogP contribution in [-0.4, -0.2) is 45.1 Å². The molecule has 6 heteroatoms. The van der Waals surface area contributed by atoms with E-state index in [0.29, 0.717) is 32.1 Å². The van der Waals surface area contributed by atoms with Crippen molar-refractivity contribution in [1.29, 1.82) is 0 Å². The highest BCUT2D eigenvalue weighted by molar-refractivity contribution is 5.71. The molecule has 0 saturated heterocycles. The van der Waals surface area contributed by atoms with Crippen LogP contribution in [0.25, 0.3) is 0 Å². The Morgan fingerprint density at radius 1 is 1.17 bits per heavy atom. The van der Waals surface area contributed by atoms with Gasteiger partial charge >= 0.3 is 11.9 Å². The van der Waals surface area contributed by atoms with Gasteiger partial charge in [-0.15, -0.1) is 0 Å². The minimum Gasteiger partial charge on any atom is -0.481 e. The third-order valence-corrected chi connectivity index (χ3v) is 10.0. The highest BCUT2D eigenvalue weighted by Gasteiger charge is 2.65. The molecule has 3 aliphatic rings. The molecule has 3 rings (SSSR count). The quantitative estimate of drug-likeness (QED) is 0.294. The Bertz CT molecular complexity index is 1000. The summed E-state index contributed by atoms with van der Waals surface area (Å²) >= 11 is 0. The van der Waals surface area contributed by atoms with Crippen LogP contribution < -0.4 is 0 Å². The van der Waals surface area contributed by atoms with Gasteiger partial charge in [-0.05, 0) is 80.3 Å². The molecule has 3 aliphatic carbocycles. The lowest BCUT2D eigenvalue weighted by Crippen LogP contribution is -2.48. The van der Waals surface area contributed by atoms with E-state index in [0.717, 1.165) is 28.7 Å². The van der Waals surface area contributed by atoms with Crippen LogP contribution in [0.3, 0.4) is 0 Å². The third kappa shape index (κ3) is 4.63. The Kier molecular flexibility index (Phi) is 8.12. The van der Waals surface area contributed by atoms with Gasteiger partial charge in [-0.2, -0.15) is 0 Å². The predicted octanol–water partition coefficient (Wildman–Crippen LogP) is 5.52. The van der Waals surface area contributed by atoms with E-state index in [1.165, 1.54) is 0 Å². The molecule has 1 fully saturated rings. The molecule has 0 amide bonds. The first kappa shape index (κ1) is 28.4. The maximum Gasteiger partial charge on any atom is 0.306 e. The van der Waals surface area contributed by atoms with Gasteiger partial charge in [0.15, 0.2) is 0 Å². The number of rotatable bonds is 10. The summed E-state index contributed by atoms with van der Waals surface area (Å²) in [4.78, 5) is 24.0. The second-order valence-electron chi connectivity index (χ2n) is 12.2.